The highest BCUT2D eigenvalue weighted by Gasteiger charge is 2.28. The molecule has 9 heteroatoms. The van der Waals surface area contributed by atoms with Crippen molar-refractivity contribution in [3.63, 3.8) is 0 Å². The third kappa shape index (κ3) is 6.05. The quantitative estimate of drug-likeness (QED) is 0.344. The molecule has 1 N–H and O–H groups in total. The maximum atomic E-state index is 14.2. The molecule has 9 nitrogen and oxygen atoms in total. The Morgan fingerprint density at radius 3 is 2.17 bits per heavy atom. The second kappa shape index (κ2) is 12.6. The monoisotopic (exact) mass is 551 g/mol. The number of carbonyl (C=O) groups excluding carboxylic acids is 3. The van der Waals surface area contributed by atoms with Gasteiger partial charge in [-0.1, -0.05) is 73.7 Å². The van der Waals surface area contributed by atoms with Crippen LogP contribution in [0.1, 0.15) is 29.3 Å². The molecule has 0 aliphatic carbocycles. The van der Waals surface area contributed by atoms with Gasteiger partial charge in [0.15, 0.2) is 0 Å². The molecule has 1 saturated heterocycles. The molecule has 41 heavy (non-hydrogen) atoms. The minimum absolute atomic E-state index is 0.144. The van der Waals surface area contributed by atoms with E-state index in [0.29, 0.717) is 67.0 Å². The minimum atomic E-state index is -0.718. The number of ether oxygens (including phenoxy) is 1. The van der Waals surface area contributed by atoms with Crippen LogP contribution in [0.3, 0.4) is 0 Å². The summed E-state index contributed by atoms with van der Waals surface area (Å²) < 4.78 is 4.99. The number of hydrogen-bond donors (Lipinski definition) is 1. The molecule has 0 radical (unpaired) electrons. The van der Waals surface area contributed by atoms with Crippen LogP contribution in [0.2, 0.25) is 0 Å². The molecular formula is C32H33N5O4. The van der Waals surface area contributed by atoms with Crippen molar-refractivity contribution < 1.29 is 19.1 Å². The number of fused-ring (bicyclic) bond motifs is 1. The molecule has 1 aromatic heterocycles. The lowest BCUT2D eigenvalue weighted by atomic mass is 9.95. The maximum absolute atomic E-state index is 14.2. The van der Waals surface area contributed by atoms with Gasteiger partial charge in [0.1, 0.15) is 0 Å². The van der Waals surface area contributed by atoms with Crippen molar-refractivity contribution in [3.05, 3.63) is 96.1 Å². The fraction of sp³-hybridized carbons (Fsp3) is 0.250. The van der Waals surface area contributed by atoms with Crippen LogP contribution in [0.5, 0.6) is 0 Å². The standard InChI is InChI=1S/C32H33N5O4/c1-3-28(38)36-20-18-35(19-21-36)22-26-29(31(39)34-37(32(40)41-2)24-14-8-5-9-15-24)25-16-10-11-17-27(25)33-30(26)23-12-6-4-7-13-23/h4-17H,3,18-22H2,1-2H3,(H,34,39). The van der Waals surface area contributed by atoms with Crippen LogP contribution in [0.4, 0.5) is 10.5 Å². The van der Waals surface area contributed by atoms with E-state index in [1.807, 2.05) is 72.5 Å². The molecule has 210 valence electrons. The number of rotatable bonds is 6. The van der Waals surface area contributed by atoms with E-state index < -0.39 is 12.0 Å². The zero-order chi connectivity index (χ0) is 28.8. The zero-order valence-electron chi connectivity index (χ0n) is 23.2. The Hall–Kier alpha value is -4.76. The smallest absolute Gasteiger partial charge is 0.433 e. The van der Waals surface area contributed by atoms with Gasteiger partial charge in [0.2, 0.25) is 5.91 Å². The number of benzene rings is 3. The van der Waals surface area contributed by atoms with Crippen LogP contribution >= 0.6 is 0 Å². The Bertz CT molecular complexity index is 1540. The lowest BCUT2D eigenvalue weighted by Crippen LogP contribution is -2.49. The molecule has 5 rings (SSSR count). The molecule has 0 saturated carbocycles. The van der Waals surface area contributed by atoms with Crippen LogP contribution in [-0.4, -0.2) is 66.0 Å². The van der Waals surface area contributed by atoms with Gasteiger partial charge in [-0.25, -0.2) is 9.78 Å². The summed E-state index contributed by atoms with van der Waals surface area (Å²) in [6.45, 7) is 4.92. The molecule has 1 aliphatic rings. The van der Waals surface area contributed by atoms with Gasteiger partial charge in [-0.05, 0) is 18.2 Å². The average molecular weight is 552 g/mol. The summed E-state index contributed by atoms with van der Waals surface area (Å²) in [6.07, 6.45) is -0.237. The van der Waals surface area contributed by atoms with Crippen molar-refractivity contribution in [2.45, 2.75) is 19.9 Å². The van der Waals surface area contributed by atoms with E-state index in [1.54, 1.807) is 24.3 Å². The molecule has 2 heterocycles. The number of aromatic nitrogens is 1. The number of nitrogens with one attached hydrogen (secondary N) is 1. The third-order valence-electron chi connectivity index (χ3n) is 7.26. The SMILES string of the molecule is CCC(=O)N1CCN(Cc2c(-c3ccccc3)nc3ccccc3c2C(=O)NN(C(=O)OC)c2ccccc2)CC1. The van der Waals surface area contributed by atoms with Gasteiger partial charge in [-0.3, -0.25) is 19.9 Å². The number of nitrogens with zero attached hydrogens (tertiary/aromatic N) is 4. The summed E-state index contributed by atoms with van der Waals surface area (Å²) >= 11 is 0. The van der Waals surface area contributed by atoms with Crippen molar-refractivity contribution in [2.24, 2.45) is 0 Å². The Labute approximate surface area is 239 Å². The molecule has 1 fully saturated rings. The molecule has 4 aromatic rings. The highest BCUT2D eigenvalue weighted by atomic mass is 16.5. The first-order valence-corrected chi connectivity index (χ1v) is 13.7. The number of hydrazine groups is 1. The van der Waals surface area contributed by atoms with Crippen molar-refractivity contribution in [1.82, 2.24) is 20.2 Å². The summed E-state index contributed by atoms with van der Waals surface area (Å²) in [5.41, 5.74) is 6.70. The lowest BCUT2D eigenvalue weighted by molar-refractivity contribution is -0.132. The molecule has 0 unspecified atom stereocenters. The minimum Gasteiger partial charge on any atom is -0.451 e. The van der Waals surface area contributed by atoms with E-state index in [4.69, 9.17) is 9.72 Å². The molecule has 0 bridgehead atoms. The van der Waals surface area contributed by atoms with E-state index in [9.17, 15) is 14.4 Å². The molecular weight excluding hydrogens is 518 g/mol. The molecule has 0 atom stereocenters. The van der Waals surface area contributed by atoms with E-state index >= 15 is 0 Å². The van der Waals surface area contributed by atoms with Gasteiger partial charge in [-0.2, -0.15) is 5.01 Å². The Balaban J connectivity index is 1.60. The second-order valence-electron chi connectivity index (χ2n) is 9.79. The second-order valence-corrected chi connectivity index (χ2v) is 9.79. The third-order valence-corrected chi connectivity index (χ3v) is 7.26. The summed E-state index contributed by atoms with van der Waals surface area (Å²) in [4.78, 5) is 48.4. The summed E-state index contributed by atoms with van der Waals surface area (Å²) in [5, 5.41) is 1.79. The topological polar surface area (TPSA) is 95.1 Å². The normalized spacial score (nSPS) is 13.6. The Morgan fingerprint density at radius 1 is 0.878 bits per heavy atom. The number of para-hydroxylation sites is 2. The van der Waals surface area contributed by atoms with Crippen molar-refractivity contribution in [1.29, 1.82) is 0 Å². The van der Waals surface area contributed by atoms with Crippen molar-refractivity contribution in [3.8, 4) is 11.3 Å². The first-order valence-electron chi connectivity index (χ1n) is 13.7. The van der Waals surface area contributed by atoms with Crippen LogP contribution in [0.15, 0.2) is 84.9 Å². The van der Waals surface area contributed by atoms with Gasteiger partial charge in [-0.15, -0.1) is 0 Å². The average Bonchev–Trinajstić information content (AvgIpc) is 3.03. The number of pyridine rings is 1. The highest BCUT2D eigenvalue weighted by Crippen LogP contribution is 2.32. The highest BCUT2D eigenvalue weighted by molar-refractivity contribution is 6.10. The largest absolute Gasteiger partial charge is 0.451 e. The fourth-order valence-corrected chi connectivity index (χ4v) is 5.14. The Morgan fingerprint density at radius 2 is 1.51 bits per heavy atom. The summed E-state index contributed by atoms with van der Waals surface area (Å²) in [5.74, 6) is -0.310. The van der Waals surface area contributed by atoms with Crippen molar-refractivity contribution in [2.75, 3.05) is 38.3 Å². The van der Waals surface area contributed by atoms with Crippen LogP contribution in [0.25, 0.3) is 22.2 Å². The number of amides is 3. The number of anilines is 1. The molecule has 1 aliphatic heterocycles. The van der Waals surface area contributed by atoms with Gasteiger partial charge in [0.05, 0.1) is 29.6 Å². The van der Waals surface area contributed by atoms with Gasteiger partial charge in [0.25, 0.3) is 5.91 Å². The maximum Gasteiger partial charge on any atom is 0.433 e. The van der Waals surface area contributed by atoms with E-state index in [1.165, 1.54) is 7.11 Å². The summed E-state index contributed by atoms with van der Waals surface area (Å²) in [6, 6.07) is 26.1. The zero-order valence-corrected chi connectivity index (χ0v) is 23.2. The molecule has 3 amide bonds. The van der Waals surface area contributed by atoms with Gasteiger partial charge >= 0.3 is 6.09 Å². The van der Waals surface area contributed by atoms with E-state index in [2.05, 4.69) is 10.3 Å². The lowest BCUT2D eigenvalue weighted by Gasteiger charge is -2.35. The first-order chi connectivity index (χ1) is 20.0. The first kappa shape index (κ1) is 27.8. The van der Waals surface area contributed by atoms with Crippen LogP contribution in [-0.2, 0) is 16.1 Å². The number of methoxy groups -OCH3 is 1. The predicted molar refractivity (Wildman–Crippen MR) is 158 cm³/mol. The van der Waals surface area contributed by atoms with E-state index in [-0.39, 0.29) is 5.91 Å². The van der Waals surface area contributed by atoms with E-state index in [0.717, 1.165) is 16.1 Å². The predicted octanol–water partition coefficient (Wildman–Crippen LogP) is 4.87. The number of carbonyl (C=O) groups is 3. The number of hydrogen-bond acceptors (Lipinski definition) is 6. The summed E-state index contributed by atoms with van der Waals surface area (Å²) in [7, 11) is 1.27. The van der Waals surface area contributed by atoms with Crippen LogP contribution in [0, 0.1) is 0 Å². The van der Waals surface area contributed by atoms with Crippen molar-refractivity contribution >= 4 is 34.5 Å². The number of piperazine rings is 1. The molecule has 0 spiro atoms. The molecule has 3 aromatic carbocycles. The van der Waals surface area contributed by atoms with Gasteiger partial charge < -0.3 is 9.64 Å². The van der Waals surface area contributed by atoms with Crippen LogP contribution < -0.4 is 10.4 Å². The fourth-order valence-electron chi connectivity index (χ4n) is 5.14. The Kier molecular flexibility index (Phi) is 8.55. The van der Waals surface area contributed by atoms with Gasteiger partial charge in [0, 0.05) is 55.7 Å².